The Bertz CT molecular complexity index is 1000. The van der Waals surface area contributed by atoms with Crippen LogP contribution in [0.2, 0.25) is 0 Å². The number of carbonyl (C=O) groups is 1. The molecule has 8 nitrogen and oxygen atoms in total. The number of nitrogens with zero attached hydrogens (tertiary/aromatic N) is 5. The van der Waals surface area contributed by atoms with Crippen molar-refractivity contribution in [3.8, 4) is 11.4 Å². The Morgan fingerprint density at radius 1 is 1.26 bits per heavy atom. The average molecular weight is 435 g/mol. The van der Waals surface area contributed by atoms with Gasteiger partial charge in [-0.05, 0) is 40.9 Å². The zero-order valence-electron chi connectivity index (χ0n) is 14.1. The molecule has 0 spiro atoms. The van der Waals surface area contributed by atoms with E-state index in [2.05, 4.69) is 36.2 Å². The largest absolute Gasteiger partial charge is 0.465 e. The van der Waals surface area contributed by atoms with Crippen molar-refractivity contribution in [2.75, 3.05) is 18.4 Å². The van der Waals surface area contributed by atoms with Crippen molar-refractivity contribution >= 4 is 33.6 Å². The summed E-state index contributed by atoms with van der Waals surface area (Å²) in [5, 5.41) is 12.2. The molecule has 27 heavy (non-hydrogen) atoms. The molecule has 0 aliphatic carbocycles. The van der Waals surface area contributed by atoms with Gasteiger partial charge in [-0.2, -0.15) is 0 Å². The summed E-state index contributed by atoms with van der Waals surface area (Å²) in [5.74, 6) is -0.229. The number of amides is 1. The van der Waals surface area contributed by atoms with Crippen molar-refractivity contribution in [3.05, 3.63) is 41.0 Å². The van der Waals surface area contributed by atoms with Crippen LogP contribution < -0.4 is 5.32 Å². The van der Waals surface area contributed by atoms with Gasteiger partial charge in [-0.25, -0.2) is 24.1 Å². The van der Waals surface area contributed by atoms with Crippen molar-refractivity contribution < 1.29 is 14.3 Å². The first-order valence-corrected chi connectivity index (χ1v) is 9.20. The van der Waals surface area contributed by atoms with Gasteiger partial charge in [0, 0.05) is 29.8 Å². The number of halogens is 2. The Balaban J connectivity index is 1.58. The lowest BCUT2D eigenvalue weighted by Crippen LogP contribution is -2.41. The van der Waals surface area contributed by atoms with Crippen LogP contribution in [0, 0.1) is 5.82 Å². The fraction of sp³-hybridized carbons (Fsp3) is 0.294. The molecule has 10 heteroatoms. The summed E-state index contributed by atoms with van der Waals surface area (Å²) in [5.41, 5.74) is 1.36. The Morgan fingerprint density at radius 3 is 2.78 bits per heavy atom. The van der Waals surface area contributed by atoms with E-state index in [-0.39, 0.29) is 11.7 Å². The Hall–Kier alpha value is -2.75. The summed E-state index contributed by atoms with van der Waals surface area (Å²) in [7, 11) is 0. The minimum absolute atomic E-state index is 0.0373. The maximum Gasteiger partial charge on any atom is 0.407 e. The van der Waals surface area contributed by atoms with Crippen molar-refractivity contribution in [3.63, 3.8) is 0 Å². The molecule has 0 saturated carbocycles. The zero-order chi connectivity index (χ0) is 19.0. The number of nitrogens with one attached hydrogen (secondary N) is 1. The first-order chi connectivity index (χ1) is 13.0. The molecule has 1 saturated heterocycles. The molecule has 2 N–H and O–H groups in total. The third-order valence-corrected chi connectivity index (χ3v) is 5.02. The fourth-order valence-electron chi connectivity index (χ4n) is 3.14. The van der Waals surface area contributed by atoms with Crippen molar-refractivity contribution in [1.82, 2.24) is 24.3 Å². The predicted octanol–water partition coefficient (Wildman–Crippen LogP) is 3.25. The molecule has 3 aromatic heterocycles. The number of rotatable bonds is 3. The molecule has 4 heterocycles. The Morgan fingerprint density at radius 2 is 2.04 bits per heavy atom. The molecule has 1 aliphatic rings. The number of likely N-dealkylation sites (tertiary alicyclic amines) is 1. The highest BCUT2D eigenvalue weighted by atomic mass is 79.9. The van der Waals surface area contributed by atoms with Crippen LogP contribution >= 0.6 is 15.9 Å². The third kappa shape index (κ3) is 3.57. The number of pyridine rings is 1. The van der Waals surface area contributed by atoms with Crippen LogP contribution in [0.3, 0.4) is 0 Å². The number of hydrogen-bond donors (Lipinski definition) is 2. The number of aromatic nitrogens is 4. The summed E-state index contributed by atoms with van der Waals surface area (Å²) in [6.45, 7) is 0.894. The Kier molecular flexibility index (Phi) is 4.65. The van der Waals surface area contributed by atoms with E-state index >= 15 is 0 Å². The molecule has 0 radical (unpaired) electrons. The van der Waals surface area contributed by atoms with Gasteiger partial charge in [0.15, 0.2) is 5.82 Å². The molecule has 140 valence electrons. The Labute approximate surface area is 162 Å². The molecular formula is C17H16BrFN6O2. The topological polar surface area (TPSA) is 95.7 Å². The second kappa shape index (κ2) is 7.10. The van der Waals surface area contributed by atoms with Crippen LogP contribution in [0.15, 0.2) is 35.2 Å². The first kappa shape index (κ1) is 17.7. The minimum atomic E-state index is -0.910. The summed E-state index contributed by atoms with van der Waals surface area (Å²) in [4.78, 5) is 25.0. The number of anilines is 1. The molecule has 1 fully saturated rings. The highest BCUT2D eigenvalue weighted by Gasteiger charge is 2.23. The van der Waals surface area contributed by atoms with E-state index in [1.54, 1.807) is 16.8 Å². The van der Waals surface area contributed by atoms with Gasteiger partial charge in [-0.1, -0.05) is 0 Å². The maximum atomic E-state index is 14.4. The van der Waals surface area contributed by atoms with Gasteiger partial charge in [0.25, 0.3) is 0 Å². The summed E-state index contributed by atoms with van der Waals surface area (Å²) < 4.78 is 17.0. The van der Waals surface area contributed by atoms with Crippen LogP contribution in [-0.4, -0.2) is 54.6 Å². The minimum Gasteiger partial charge on any atom is -0.465 e. The lowest BCUT2D eigenvalue weighted by Gasteiger charge is -2.30. The molecule has 0 unspecified atom stereocenters. The average Bonchev–Trinajstić information content (AvgIpc) is 3.06. The summed E-state index contributed by atoms with van der Waals surface area (Å²) >= 11 is 3.40. The van der Waals surface area contributed by atoms with Crippen molar-refractivity contribution in [1.29, 1.82) is 0 Å². The van der Waals surface area contributed by atoms with Crippen LogP contribution in [0.1, 0.15) is 12.8 Å². The van der Waals surface area contributed by atoms with Crippen LogP contribution in [0.4, 0.5) is 15.1 Å². The van der Waals surface area contributed by atoms with Crippen LogP contribution in [0.25, 0.3) is 17.0 Å². The van der Waals surface area contributed by atoms with Gasteiger partial charge in [-0.3, -0.25) is 4.40 Å². The second-order valence-electron chi connectivity index (χ2n) is 6.30. The van der Waals surface area contributed by atoms with E-state index in [0.717, 1.165) is 10.7 Å². The molecule has 4 rings (SSSR count). The van der Waals surface area contributed by atoms with Crippen LogP contribution in [0.5, 0.6) is 0 Å². The van der Waals surface area contributed by atoms with Crippen LogP contribution in [-0.2, 0) is 0 Å². The summed E-state index contributed by atoms with van der Waals surface area (Å²) in [6.07, 6.45) is 4.88. The van der Waals surface area contributed by atoms with Gasteiger partial charge < -0.3 is 15.3 Å². The molecule has 0 aromatic carbocycles. The van der Waals surface area contributed by atoms with E-state index in [9.17, 15) is 9.18 Å². The smallest absolute Gasteiger partial charge is 0.407 e. The highest BCUT2D eigenvalue weighted by molar-refractivity contribution is 9.10. The monoisotopic (exact) mass is 434 g/mol. The van der Waals surface area contributed by atoms with Gasteiger partial charge in [0.05, 0.1) is 18.1 Å². The van der Waals surface area contributed by atoms with Gasteiger partial charge in [-0.15, -0.1) is 0 Å². The van der Waals surface area contributed by atoms with Gasteiger partial charge >= 0.3 is 6.09 Å². The number of fused-ring (bicyclic) bond motifs is 1. The molecule has 3 aromatic rings. The highest BCUT2D eigenvalue weighted by Crippen LogP contribution is 2.25. The van der Waals surface area contributed by atoms with E-state index in [1.165, 1.54) is 4.90 Å². The number of carboxylic acid groups (broad SMARTS) is 1. The lowest BCUT2D eigenvalue weighted by atomic mass is 10.1. The van der Waals surface area contributed by atoms with Crippen molar-refractivity contribution in [2.24, 2.45) is 0 Å². The van der Waals surface area contributed by atoms with E-state index in [1.807, 2.05) is 12.1 Å². The predicted molar refractivity (Wildman–Crippen MR) is 100 cm³/mol. The lowest BCUT2D eigenvalue weighted by molar-refractivity contribution is 0.133. The van der Waals surface area contributed by atoms with E-state index in [4.69, 9.17) is 5.11 Å². The number of hydrogen-bond acceptors (Lipinski definition) is 5. The molecular weight excluding hydrogens is 419 g/mol. The van der Waals surface area contributed by atoms with Gasteiger partial charge in [0.1, 0.15) is 11.3 Å². The molecule has 0 atom stereocenters. The fourth-order valence-corrected chi connectivity index (χ4v) is 3.48. The number of imidazole rings is 1. The molecule has 0 bridgehead atoms. The molecule has 1 aliphatic heterocycles. The van der Waals surface area contributed by atoms with Gasteiger partial charge in [0.2, 0.25) is 5.95 Å². The SMILES string of the molecule is O=C(O)N1CCC(Nc2ncc(F)c(-c3cnc4ccc(Br)cn34)n2)CC1. The van der Waals surface area contributed by atoms with E-state index in [0.29, 0.717) is 43.2 Å². The standard InChI is InChI=1S/C17H16BrFN6O2/c18-10-1-2-14-20-8-13(25(14)9-10)15-12(19)7-21-16(23-15)22-11-3-5-24(6-4-11)17(26)27/h1-2,7-9,11H,3-6H2,(H,26,27)(H,21,22,23). The first-order valence-electron chi connectivity index (χ1n) is 8.41. The number of piperidine rings is 1. The maximum absolute atomic E-state index is 14.4. The quantitative estimate of drug-likeness (QED) is 0.656. The molecule has 1 amide bonds. The summed E-state index contributed by atoms with van der Waals surface area (Å²) in [6, 6.07) is 3.72. The van der Waals surface area contributed by atoms with E-state index < -0.39 is 11.9 Å². The van der Waals surface area contributed by atoms with Crippen molar-refractivity contribution in [2.45, 2.75) is 18.9 Å². The second-order valence-corrected chi connectivity index (χ2v) is 7.21. The third-order valence-electron chi connectivity index (χ3n) is 4.55. The normalized spacial score (nSPS) is 15.3. The zero-order valence-corrected chi connectivity index (χ0v) is 15.7.